The molecule has 3 rings (SSSR count). The van der Waals surface area contributed by atoms with E-state index in [0.29, 0.717) is 11.5 Å². The van der Waals surface area contributed by atoms with Crippen LogP contribution in [0, 0.1) is 13.8 Å². The van der Waals surface area contributed by atoms with Crippen LogP contribution in [-0.4, -0.2) is 30.3 Å². The van der Waals surface area contributed by atoms with E-state index in [-0.39, 0.29) is 11.8 Å². The van der Waals surface area contributed by atoms with Crippen LogP contribution in [0.15, 0.2) is 17.6 Å². The van der Waals surface area contributed by atoms with E-state index in [1.54, 1.807) is 11.6 Å². The van der Waals surface area contributed by atoms with Gasteiger partial charge in [-0.3, -0.25) is 9.48 Å². The summed E-state index contributed by atoms with van der Waals surface area (Å²) in [6.45, 7) is 10.3. The summed E-state index contributed by atoms with van der Waals surface area (Å²) in [7, 11) is 0. The minimum atomic E-state index is -0.281. The second-order valence-corrected chi connectivity index (χ2v) is 5.55. The average molecular weight is 300 g/mol. The van der Waals surface area contributed by atoms with Gasteiger partial charge >= 0.3 is 0 Å². The maximum atomic E-state index is 12.2. The Morgan fingerprint density at radius 3 is 2.68 bits per heavy atom. The molecule has 1 aliphatic rings. The molecule has 0 spiro atoms. The summed E-state index contributed by atoms with van der Waals surface area (Å²) in [6, 6.07) is -0.281. The number of nitrogens with zero attached hydrogens (tertiary/aromatic N) is 5. The molecule has 1 N–H and O–H groups in total. The third kappa shape index (κ3) is 1.96. The van der Waals surface area contributed by atoms with E-state index in [1.807, 2.05) is 25.5 Å². The molecule has 7 nitrogen and oxygen atoms in total. The predicted octanol–water partition coefficient (Wildman–Crippen LogP) is 1.99. The number of nitrogens with one attached hydrogen (secondary N) is 1. The van der Waals surface area contributed by atoms with Crippen LogP contribution in [0.3, 0.4) is 0 Å². The summed E-state index contributed by atoms with van der Waals surface area (Å²) in [5, 5.41) is 12.1. The van der Waals surface area contributed by atoms with Gasteiger partial charge in [0, 0.05) is 29.1 Å². The number of rotatable bonds is 3. The first-order valence-electron chi connectivity index (χ1n) is 7.37. The van der Waals surface area contributed by atoms with Crippen molar-refractivity contribution < 1.29 is 4.79 Å². The molecule has 1 aliphatic heterocycles. The third-order valence-electron chi connectivity index (χ3n) is 4.18. The quantitative estimate of drug-likeness (QED) is 0.938. The van der Waals surface area contributed by atoms with Crippen molar-refractivity contribution in [2.24, 2.45) is 0 Å². The van der Waals surface area contributed by atoms with E-state index in [9.17, 15) is 4.79 Å². The smallest absolute Gasteiger partial charge is 0.226 e. The van der Waals surface area contributed by atoms with Crippen LogP contribution < -0.4 is 5.32 Å². The molecular weight excluding hydrogens is 280 g/mol. The van der Waals surface area contributed by atoms with Crippen LogP contribution in [0.5, 0.6) is 0 Å². The van der Waals surface area contributed by atoms with Crippen molar-refractivity contribution in [3.05, 3.63) is 34.5 Å². The van der Waals surface area contributed by atoms with Crippen LogP contribution >= 0.6 is 0 Å². The number of carbonyl (C=O) groups excluding carboxylic acids is 1. The number of hydrogen-bond acceptors (Lipinski definition) is 5. The minimum Gasteiger partial charge on any atom is -0.328 e. The molecule has 0 aliphatic carbocycles. The lowest BCUT2D eigenvalue weighted by Gasteiger charge is -2.28. The SMILES string of the molecule is CCn1nc(C)c([C@@H]2C(C(C)=O)=C(C)Nc3ncnn32)c1C. The van der Waals surface area contributed by atoms with Crippen molar-refractivity contribution in [1.82, 2.24) is 24.5 Å². The minimum absolute atomic E-state index is 0.0270. The van der Waals surface area contributed by atoms with Gasteiger partial charge in [-0.05, 0) is 34.6 Å². The normalized spacial score (nSPS) is 17.4. The van der Waals surface area contributed by atoms with Crippen molar-refractivity contribution in [1.29, 1.82) is 0 Å². The molecule has 22 heavy (non-hydrogen) atoms. The average Bonchev–Trinajstić information content (AvgIpc) is 3.01. The zero-order chi connectivity index (χ0) is 16.0. The zero-order valence-electron chi connectivity index (χ0n) is 13.5. The molecule has 7 heteroatoms. The topological polar surface area (TPSA) is 77.6 Å². The van der Waals surface area contributed by atoms with Crippen molar-refractivity contribution in [3.63, 3.8) is 0 Å². The molecule has 116 valence electrons. The number of aryl methyl sites for hydroxylation is 2. The van der Waals surface area contributed by atoms with Crippen LogP contribution in [0.25, 0.3) is 0 Å². The van der Waals surface area contributed by atoms with E-state index in [1.165, 1.54) is 6.33 Å². The van der Waals surface area contributed by atoms with Gasteiger partial charge in [0.25, 0.3) is 0 Å². The zero-order valence-corrected chi connectivity index (χ0v) is 13.5. The number of fused-ring (bicyclic) bond motifs is 1. The van der Waals surface area contributed by atoms with E-state index in [0.717, 1.165) is 29.2 Å². The van der Waals surface area contributed by atoms with Crippen LogP contribution in [0.1, 0.15) is 43.8 Å². The Balaban J connectivity index is 2.28. The second-order valence-electron chi connectivity index (χ2n) is 5.55. The summed E-state index contributed by atoms with van der Waals surface area (Å²) >= 11 is 0. The van der Waals surface area contributed by atoms with E-state index >= 15 is 0 Å². The van der Waals surface area contributed by atoms with E-state index in [4.69, 9.17) is 0 Å². The van der Waals surface area contributed by atoms with Gasteiger partial charge in [0.1, 0.15) is 12.4 Å². The number of carbonyl (C=O) groups is 1. The van der Waals surface area contributed by atoms with Crippen molar-refractivity contribution >= 4 is 11.7 Å². The molecule has 0 radical (unpaired) electrons. The highest BCUT2D eigenvalue weighted by atomic mass is 16.1. The summed E-state index contributed by atoms with van der Waals surface area (Å²) in [4.78, 5) is 16.5. The highest BCUT2D eigenvalue weighted by Gasteiger charge is 2.35. The number of Topliss-reactive ketones (excluding diaryl/α,β-unsaturated/α-hetero) is 1. The molecular formula is C15H20N6O. The molecule has 0 unspecified atom stereocenters. The Bertz CT molecular complexity index is 782. The van der Waals surface area contributed by atoms with Gasteiger partial charge in [0.15, 0.2) is 5.78 Å². The van der Waals surface area contributed by atoms with Crippen molar-refractivity contribution in [3.8, 4) is 0 Å². The largest absolute Gasteiger partial charge is 0.328 e. The molecule has 0 amide bonds. The van der Waals surface area contributed by atoms with Crippen molar-refractivity contribution in [2.75, 3.05) is 5.32 Å². The molecule has 0 aromatic carbocycles. The Morgan fingerprint density at radius 1 is 1.36 bits per heavy atom. The number of aromatic nitrogens is 5. The van der Waals surface area contributed by atoms with Gasteiger partial charge in [-0.25, -0.2) is 4.68 Å². The lowest BCUT2D eigenvalue weighted by atomic mass is 9.92. The number of allylic oxidation sites excluding steroid dienone is 2. The Morgan fingerprint density at radius 2 is 2.09 bits per heavy atom. The summed E-state index contributed by atoms with van der Waals surface area (Å²) in [6.07, 6.45) is 1.50. The van der Waals surface area contributed by atoms with Gasteiger partial charge in [-0.1, -0.05) is 0 Å². The molecule has 3 heterocycles. The third-order valence-corrected chi connectivity index (χ3v) is 4.18. The molecule has 2 aromatic heterocycles. The monoisotopic (exact) mass is 300 g/mol. The van der Waals surface area contributed by atoms with Crippen LogP contribution in [-0.2, 0) is 11.3 Å². The summed E-state index contributed by atoms with van der Waals surface area (Å²) in [5.74, 6) is 0.676. The standard InChI is InChI=1S/C15H20N6O/c1-6-20-10(4)12(9(3)19-20)14-13(11(5)22)8(2)18-15-16-7-17-21(14)15/h7,14H,6H2,1-5H3,(H,16,17,18)/t14-/m1/s1. The lowest BCUT2D eigenvalue weighted by Crippen LogP contribution is -2.28. The molecule has 0 saturated heterocycles. The number of ketones is 1. The highest BCUT2D eigenvalue weighted by molar-refractivity contribution is 5.96. The molecule has 1 atom stereocenters. The second kappa shape index (κ2) is 5.08. The fraction of sp³-hybridized carbons (Fsp3) is 0.467. The number of anilines is 1. The highest BCUT2D eigenvalue weighted by Crippen LogP contribution is 2.37. The van der Waals surface area contributed by atoms with Crippen LogP contribution in [0.2, 0.25) is 0 Å². The fourth-order valence-corrected chi connectivity index (χ4v) is 3.23. The molecule has 0 saturated carbocycles. The molecule has 2 aromatic rings. The summed E-state index contributed by atoms with van der Waals surface area (Å²) in [5.41, 5.74) is 4.53. The molecule has 0 fully saturated rings. The fourth-order valence-electron chi connectivity index (χ4n) is 3.23. The van der Waals surface area contributed by atoms with Gasteiger partial charge in [0.2, 0.25) is 5.95 Å². The number of hydrogen-bond donors (Lipinski definition) is 1. The maximum absolute atomic E-state index is 12.2. The summed E-state index contributed by atoms with van der Waals surface area (Å²) < 4.78 is 3.72. The van der Waals surface area contributed by atoms with E-state index in [2.05, 4.69) is 27.4 Å². The first-order valence-corrected chi connectivity index (χ1v) is 7.37. The Hall–Kier alpha value is -2.44. The van der Waals surface area contributed by atoms with Crippen molar-refractivity contribution in [2.45, 2.75) is 47.2 Å². The van der Waals surface area contributed by atoms with Gasteiger partial charge < -0.3 is 5.32 Å². The van der Waals surface area contributed by atoms with Gasteiger partial charge in [-0.15, -0.1) is 0 Å². The Kier molecular flexibility index (Phi) is 3.35. The Labute approximate surface area is 129 Å². The lowest BCUT2D eigenvalue weighted by molar-refractivity contribution is -0.114. The maximum Gasteiger partial charge on any atom is 0.226 e. The van der Waals surface area contributed by atoms with Gasteiger partial charge in [-0.2, -0.15) is 15.2 Å². The van der Waals surface area contributed by atoms with Crippen LogP contribution in [0.4, 0.5) is 5.95 Å². The first kappa shape index (κ1) is 14.5. The van der Waals surface area contributed by atoms with E-state index < -0.39 is 0 Å². The predicted molar refractivity (Wildman–Crippen MR) is 82.5 cm³/mol. The molecule has 0 bridgehead atoms. The van der Waals surface area contributed by atoms with Gasteiger partial charge in [0.05, 0.1) is 5.69 Å². The first-order chi connectivity index (χ1) is 10.5.